The number of fused-ring (bicyclic) bond motifs is 6. The molecule has 316 valence electrons. The molecule has 2 amide bonds. The summed E-state index contributed by atoms with van der Waals surface area (Å²) < 4.78 is 3.62. The van der Waals surface area contributed by atoms with Crippen molar-refractivity contribution in [1.29, 1.82) is 0 Å². The van der Waals surface area contributed by atoms with Gasteiger partial charge in [-0.25, -0.2) is 0 Å². The number of rotatable bonds is 10. The van der Waals surface area contributed by atoms with Crippen molar-refractivity contribution in [2.24, 2.45) is 23.7 Å². The maximum absolute atomic E-state index is 13.2. The van der Waals surface area contributed by atoms with Gasteiger partial charge in [0.05, 0.1) is 36.3 Å². The minimum atomic E-state index is -0.435. The van der Waals surface area contributed by atoms with Crippen molar-refractivity contribution in [3.05, 3.63) is 151 Å². The molecule has 0 spiro atoms. The normalized spacial score (nSPS) is 26.5. The van der Waals surface area contributed by atoms with Crippen LogP contribution in [0.25, 0.3) is 12.2 Å². The van der Waals surface area contributed by atoms with Crippen molar-refractivity contribution in [2.45, 2.75) is 77.0 Å². The third-order valence-electron chi connectivity index (χ3n) is 13.3. The third kappa shape index (κ3) is 7.73. The molecular formula is C48H58N6O6. The Morgan fingerprint density at radius 3 is 1.33 bits per heavy atom. The topological polar surface area (TPSA) is 149 Å². The molecule has 0 saturated carbocycles. The molecule has 4 aliphatic rings. The highest BCUT2D eigenvalue weighted by molar-refractivity contribution is 5.84. The van der Waals surface area contributed by atoms with E-state index in [0.717, 1.165) is 22.5 Å². The number of nitrogens with one attached hydrogen (secondary N) is 2. The Hall–Kier alpha value is -5.40. The Balaban J connectivity index is 0.000000181. The Morgan fingerprint density at radius 1 is 0.633 bits per heavy atom. The van der Waals surface area contributed by atoms with Crippen LogP contribution in [-0.4, -0.2) is 80.4 Å². The second-order valence-corrected chi connectivity index (χ2v) is 16.7. The summed E-state index contributed by atoms with van der Waals surface area (Å²) in [5.74, 6) is -0.573. The van der Waals surface area contributed by atoms with E-state index in [-0.39, 0.29) is 84.0 Å². The first kappa shape index (κ1) is 42.7. The minimum absolute atomic E-state index is 0.0104. The van der Waals surface area contributed by atoms with Crippen LogP contribution in [0.2, 0.25) is 0 Å². The number of likely N-dealkylation sites (tertiary alicyclic amines) is 2. The summed E-state index contributed by atoms with van der Waals surface area (Å²) in [5.41, 5.74) is 5.23. The first-order valence-corrected chi connectivity index (χ1v) is 21.0. The molecule has 2 fully saturated rings. The summed E-state index contributed by atoms with van der Waals surface area (Å²) in [6, 6.07) is 26.1. The summed E-state index contributed by atoms with van der Waals surface area (Å²) in [4.78, 5) is 56.2. The van der Waals surface area contributed by atoms with Crippen LogP contribution in [0.1, 0.15) is 85.5 Å². The molecule has 60 heavy (non-hydrogen) atoms. The number of nitrogens with zero attached hydrogens (tertiary/aromatic N) is 4. The predicted octanol–water partition coefficient (Wildman–Crippen LogP) is 4.70. The Bertz CT molecular complexity index is 2190. The van der Waals surface area contributed by atoms with Gasteiger partial charge in [0.15, 0.2) is 0 Å². The van der Waals surface area contributed by atoms with Crippen LogP contribution < -0.4 is 21.8 Å². The van der Waals surface area contributed by atoms with Crippen molar-refractivity contribution < 1.29 is 19.8 Å². The standard InChI is InChI=1S/2C24H29N3O3/c2*1-4-8-17-11-12-20-21-18(13-27(20)24(17)30)19(14-28)22(26(21)3)23(29)25-15(2)16-9-6-5-7-10-16/h2*4-12,15,18-19,21-22,28H,13-14H2,1-3H3,(H,25,29)/b8-4+;8-4-/t2*15-,18+,19+,21-,22+/m00/s1. The number of carbonyl (C=O) groups excluding carboxylic acids is 2. The molecule has 4 aromatic rings. The van der Waals surface area contributed by atoms with Gasteiger partial charge in [0.1, 0.15) is 0 Å². The van der Waals surface area contributed by atoms with Gasteiger partial charge >= 0.3 is 0 Å². The average molecular weight is 815 g/mol. The zero-order valence-electron chi connectivity index (χ0n) is 35.3. The summed E-state index contributed by atoms with van der Waals surface area (Å²) in [7, 11) is 3.84. The second kappa shape index (κ2) is 18.1. The summed E-state index contributed by atoms with van der Waals surface area (Å²) in [6.07, 6.45) is 7.35. The van der Waals surface area contributed by atoms with Crippen LogP contribution in [0.4, 0.5) is 0 Å². The number of hydrogen-bond acceptors (Lipinski definition) is 8. The van der Waals surface area contributed by atoms with E-state index in [4.69, 9.17) is 0 Å². The molecule has 4 N–H and O–H groups in total. The molecule has 0 bridgehead atoms. The largest absolute Gasteiger partial charge is 0.396 e. The van der Waals surface area contributed by atoms with Gasteiger partial charge in [-0.1, -0.05) is 85.0 Å². The zero-order valence-corrected chi connectivity index (χ0v) is 35.3. The number of aliphatic hydroxyl groups is 2. The number of carbonyl (C=O) groups is 2. The maximum Gasteiger partial charge on any atom is 0.258 e. The van der Waals surface area contributed by atoms with Gasteiger partial charge in [-0.15, -0.1) is 0 Å². The molecule has 2 aromatic heterocycles. The molecular weight excluding hydrogens is 757 g/mol. The fourth-order valence-corrected chi connectivity index (χ4v) is 10.4. The lowest BCUT2D eigenvalue weighted by molar-refractivity contribution is -0.128. The number of amides is 2. The molecule has 0 radical (unpaired) electrons. The van der Waals surface area contributed by atoms with Crippen LogP contribution in [0.3, 0.4) is 0 Å². The SMILES string of the molecule is C/C=C/c1ccc2n(c1=O)C[C@@H]1[C@@H](CO)[C@H](C(=O)N[C@@H](C)c3ccccc3)N(C)[C@H]21.C/C=C\c1ccc2n(c1=O)C[C@@H]1[C@@H](CO)[C@H](C(=O)N[C@@H](C)c3ccccc3)N(C)[C@H]21. The number of allylic oxidation sites excluding steroid dienone is 2. The van der Waals surface area contributed by atoms with Gasteiger partial charge in [0, 0.05) is 72.5 Å². The van der Waals surface area contributed by atoms with Crippen molar-refractivity contribution >= 4 is 24.0 Å². The number of likely N-dealkylation sites (N-methyl/N-ethyl adjacent to an activating group) is 2. The van der Waals surface area contributed by atoms with E-state index >= 15 is 0 Å². The maximum atomic E-state index is 13.2. The fraction of sp³-hybridized carbons (Fsp3) is 0.417. The summed E-state index contributed by atoms with van der Waals surface area (Å²) in [6.45, 7) is 8.59. The quantitative estimate of drug-likeness (QED) is 0.180. The van der Waals surface area contributed by atoms with Crippen molar-refractivity contribution in [3.63, 3.8) is 0 Å². The predicted molar refractivity (Wildman–Crippen MR) is 234 cm³/mol. The van der Waals surface area contributed by atoms with Gasteiger partial charge in [0.25, 0.3) is 11.1 Å². The van der Waals surface area contributed by atoms with Gasteiger partial charge in [-0.2, -0.15) is 0 Å². The fourth-order valence-electron chi connectivity index (χ4n) is 10.4. The molecule has 2 aromatic carbocycles. The average Bonchev–Trinajstić information content (AvgIpc) is 3.98. The monoisotopic (exact) mass is 814 g/mol. The summed E-state index contributed by atoms with van der Waals surface area (Å²) in [5, 5.41) is 26.6. The van der Waals surface area contributed by atoms with Gasteiger partial charge < -0.3 is 30.0 Å². The molecule has 8 rings (SSSR count). The molecule has 6 heterocycles. The van der Waals surface area contributed by atoms with E-state index < -0.39 is 12.1 Å². The first-order chi connectivity index (χ1) is 28.9. The minimum Gasteiger partial charge on any atom is -0.396 e. The van der Waals surface area contributed by atoms with Crippen LogP contribution in [0, 0.1) is 23.7 Å². The van der Waals surface area contributed by atoms with Crippen molar-refractivity contribution in [1.82, 2.24) is 29.6 Å². The second-order valence-electron chi connectivity index (χ2n) is 16.7. The Kier molecular flexibility index (Phi) is 12.9. The van der Waals surface area contributed by atoms with Crippen LogP contribution in [-0.2, 0) is 22.7 Å². The molecule has 0 unspecified atom stereocenters. The smallest absolute Gasteiger partial charge is 0.258 e. The van der Waals surface area contributed by atoms with Crippen LogP contribution in [0.15, 0.2) is 107 Å². The highest BCUT2D eigenvalue weighted by atomic mass is 16.3. The van der Waals surface area contributed by atoms with E-state index in [2.05, 4.69) is 10.6 Å². The van der Waals surface area contributed by atoms with Gasteiger partial charge in [0.2, 0.25) is 11.8 Å². The van der Waals surface area contributed by atoms with E-state index in [9.17, 15) is 29.4 Å². The number of hydrogen-bond donors (Lipinski definition) is 4. The highest BCUT2D eigenvalue weighted by Crippen LogP contribution is 2.49. The van der Waals surface area contributed by atoms with E-state index in [1.807, 2.05) is 170 Å². The van der Waals surface area contributed by atoms with Crippen molar-refractivity contribution in [3.8, 4) is 0 Å². The van der Waals surface area contributed by atoms with Crippen molar-refractivity contribution in [2.75, 3.05) is 27.3 Å². The number of benzene rings is 2. The van der Waals surface area contributed by atoms with Crippen LogP contribution in [0.5, 0.6) is 0 Å². The highest BCUT2D eigenvalue weighted by Gasteiger charge is 2.55. The number of pyridine rings is 2. The lowest BCUT2D eigenvalue weighted by Gasteiger charge is -2.28. The lowest BCUT2D eigenvalue weighted by Crippen LogP contribution is -2.47. The van der Waals surface area contributed by atoms with E-state index in [0.29, 0.717) is 24.2 Å². The molecule has 10 atom stereocenters. The molecule has 12 nitrogen and oxygen atoms in total. The Morgan fingerprint density at radius 2 is 1.00 bits per heavy atom. The molecule has 0 aliphatic carbocycles. The van der Waals surface area contributed by atoms with Gasteiger partial charge in [-0.05, 0) is 77.2 Å². The first-order valence-electron chi connectivity index (χ1n) is 21.0. The lowest BCUT2D eigenvalue weighted by atomic mass is 9.88. The van der Waals surface area contributed by atoms with Crippen LogP contribution >= 0.6 is 0 Å². The van der Waals surface area contributed by atoms with Gasteiger partial charge in [-0.3, -0.25) is 29.0 Å². The molecule has 2 saturated heterocycles. The number of aliphatic hydroxyl groups excluding tert-OH is 2. The Labute approximate surface area is 351 Å². The van der Waals surface area contributed by atoms with E-state index in [1.54, 1.807) is 0 Å². The zero-order chi connectivity index (χ0) is 42.8. The summed E-state index contributed by atoms with van der Waals surface area (Å²) >= 11 is 0. The van der Waals surface area contributed by atoms with E-state index in [1.165, 1.54) is 0 Å². The molecule has 4 aliphatic heterocycles. The third-order valence-corrected chi connectivity index (χ3v) is 13.3. The molecule has 12 heteroatoms. The number of aromatic nitrogens is 2.